The molecule has 1 rings (SSSR count). The van der Waals surface area contributed by atoms with Crippen LogP contribution in [0.15, 0.2) is 30.3 Å². The first-order chi connectivity index (χ1) is 6.05. The zero-order chi connectivity index (χ0) is 9.90. The van der Waals surface area contributed by atoms with Gasteiger partial charge in [-0.15, -0.1) is 0 Å². The van der Waals surface area contributed by atoms with Crippen LogP contribution in [-0.4, -0.2) is 22.9 Å². The van der Waals surface area contributed by atoms with E-state index in [9.17, 15) is 4.21 Å². The molecule has 2 nitrogen and oxygen atoms in total. The second-order valence-corrected chi connectivity index (χ2v) is 5.35. The summed E-state index contributed by atoms with van der Waals surface area (Å²) in [6, 6.07) is 9.69. The molecule has 0 aromatic heterocycles. The molecule has 72 valence electrons. The van der Waals surface area contributed by atoms with Crippen molar-refractivity contribution in [3.05, 3.63) is 30.3 Å². The first-order valence-corrected chi connectivity index (χ1v) is 6.30. The average molecular weight is 197 g/mol. The molecule has 0 fully saturated rings. The third kappa shape index (κ3) is 2.49. The molecule has 0 aliphatic rings. The number of para-hydroxylation sites is 1. The van der Waals surface area contributed by atoms with Crippen LogP contribution in [-0.2, 0) is 9.71 Å². The molecular weight excluding hydrogens is 182 g/mol. The zero-order valence-electron chi connectivity index (χ0n) is 8.06. The fourth-order valence-electron chi connectivity index (χ4n) is 1.27. The monoisotopic (exact) mass is 197 g/mol. The van der Waals surface area contributed by atoms with Gasteiger partial charge in [0.1, 0.15) is 0 Å². The average Bonchev–Trinajstić information content (AvgIpc) is 2.05. The van der Waals surface area contributed by atoms with E-state index in [0.29, 0.717) is 6.54 Å². The van der Waals surface area contributed by atoms with E-state index >= 15 is 0 Å². The summed E-state index contributed by atoms with van der Waals surface area (Å²) in [5, 5.41) is 0. The van der Waals surface area contributed by atoms with Crippen molar-refractivity contribution in [2.45, 2.75) is 6.92 Å². The lowest BCUT2D eigenvalue weighted by atomic mass is 10.3. The van der Waals surface area contributed by atoms with Crippen molar-refractivity contribution in [3.8, 4) is 0 Å². The molecule has 1 atom stereocenters. The van der Waals surface area contributed by atoms with E-state index in [-0.39, 0.29) is 0 Å². The van der Waals surface area contributed by atoms with E-state index in [1.807, 2.05) is 41.6 Å². The maximum absolute atomic E-state index is 11.7. The highest BCUT2D eigenvalue weighted by Crippen LogP contribution is 2.15. The molecule has 0 radical (unpaired) electrons. The van der Waals surface area contributed by atoms with Crippen LogP contribution in [0.5, 0.6) is 0 Å². The number of hydrogen-bond donors (Lipinski definition) is 0. The summed E-state index contributed by atoms with van der Waals surface area (Å²) in [7, 11) is -2.13. The van der Waals surface area contributed by atoms with Crippen molar-refractivity contribution in [2.24, 2.45) is 0 Å². The van der Waals surface area contributed by atoms with E-state index in [1.54, 1.807) is 6.26 Å². The zero-order valence-corrected chi connectivity index (χ0v) is 8.88. The van der Waals surface area contributed by atoms with Gasteiger partial charge >= 0.3 is 0 Å². The smallest absolute Gasteiger partial charge is 0.0486 e. The summed E-state index contributed by atoms with van der Waals surface area (Å²) in [6.07, 6.45) is 1.66. The van der Waals surface area contributed by atoms with E-state index in [2.05, 4.69) is 5.87 Å². The quantitative estimate of drug-likeness (QED) is 0.676. The van der Waals surface area contributed by atoms with Crippen LogP contribution in [0.3, 0.4) is 0 Å². The molecule has 1 aromatic rings. The highest BCUT2D eigenvalue weighted by Gasteiger charge is 2.08. The van der Waals surface area contributed by atoms with Gasteiger partial charge in [0.25, 0.3) is 0 Å². The topological polar surface area (TPSA) is 20.3 Å². The second kappa shape index (κ2) is 3.83. The van der Waals surface area contributed by atoms with E-state index in [4.69, 9.17) is 0 Å². The van der Waals surface area contributed by atoms with Crippen LogP contribution < -0.4 is 4.31 Å². The minimum absolute atomic E-state index is 0.711. The number of hydrogen-bond acceptors (Lipinski definition) is 1. The normalized spacial score (nSPS) is 14.9. The molecule has 13 heavy (non-hydrogen) atoms. The van der Waals surface area contributed by atoms with Crippen molar-refractivity contribution in [1.82, 2.24) is 0 Å². The van der Waals surface area contributed by atoms with Crippen LogP contribution in [0.1, 0.15) is 6.92 Å². The minimum atomic E-state index is -2.13. The Morgan fingerprint density at radius 2 is 1.92 bits per heavy atom. The number of rotatable bonds is 3. The molecule has 1 aromatic carbocycles. The molecule has 0 heterocycles. The largest absolute Gasteiger partial charge is 0.300 e. The number of nitrogens with zero attached hydrogens (tertiary/aromatic N) is 1. The van der Waals surface area contributed by atoms with Gasteiger partial charge in [-0.25, -0.2) is 4.21 Å². The molecular formula is C10H15NOS. The van der Waals surface area contributed by atoms with Gasteiger partial charge in [-0.3, -0.25) is 0 Å². The Kier molecular flexibility index (Phi) is 2.98. The summed E-state index contributed by atoms with van der Waals surface area (Å²) < 4.78 is 13.5. The lowest BCUT2D eigenvalue weighted by Gasteiger charge is -2.24. The maximum atomic E-state index is 11.7. The van der Waals surface area contributed by atoms with Gasteiger partial charge in [0.05, 0.1) is 0 Å². The first-order valence-electron chi connectivity index (χ1n) is 4.20. The summed E-state index contributed by atoms with van der Waals surface area (Å²) in [5.41, 5.74) is 0.965. The van der Waals surface area contributed by atoms with Gasteiger partial charge in [-0.2, -0.15) is 0 Å². The molecule has 0 aliphatic carbocycles. The number of benzene rings is 1. The molecule has 0 aliphatic heterocycles. The highest BCUT2D eigenvalue weighted by molar-refractivity contribution is 8.00. The SMILES string of the molecule is C=S(C)(=O)N(CC)c1ccccc1. The molecule has 0 spiro atoms. The third-order valence-electron chi connectivity index (χ3n) is 1.80. The lowest BCUT2D eigenvalue weighted by Crippen LogP contribution is -2.29. The van der Waals surface area contributed by atoms with E-state index < -0.39 is 9.71 Å². The Balaban J connectivity index is 3.06. The Hall–Kier alpha value is -0.960. The van der Waals surface area contributed by atoms with Crippen molar-refractivity contribution >= 4 is 21.3 Å². The molecule has 0 saturated heterocycles. The van der Waals surface area contributed by atoms with Crippen molar-refractivity contribution < 1.29 is 4.21 Å². The highest BCUT2D eigenvalue weighted by atomic mass is 32.2. The Bertz CT molecular complexity index is 356. The van der Waals surface area contributed by atoms with Gasteiger partial charge in [0.2, 0.25) is 0 Å². The standard InChI is InChI=1S/C10H15NOS/c1-4-11(13(2,3)12)10-8-6-5-7-9-10/h5-9H,2,4H2,1,3H3. The van der Waals surface area contributed by atoms with Crippen molar-refractivity contribution in [3.63, 3.8) is 0 Å². The van der Waals surface area contributed by atoms with Gasteiger partial charge in [0.15, 0.2) is 0 Å². The predicted molar refractivity (Wildman–Crippen MR) is 60.6 cm³/mol. The second-order valence-electron chi connectivity index (χ2n) is 2.99. The van der Waals surface area contributed by atoms with Gasteiger partial charge < -0.3 is 4.31 Å². The Morgan fingerprint density at radius 3 is 2.31 bits per heavy atom. The van der Waals surface area contributed by atoms with Crippen LogP contribution in [0.2, 0.25) is 0 Å². The fraction of sp³-hybridized carbons (Fsp3) is 0.300. The van der Waals surface area contributed by atoms with Crippen LogP contribution >= 0.6 is 0 Å². The Labute approximate surface area is 80.3 Å². The summed E-state index contributed by atoms with van der Waals surface area (Å²) >= 11 is 0. The summed E-state index contributed by atoms with van der Waals surface area (Å²) in [5.74, 6) is 3.67. The van der Waals surface area contributed by atoms with Gasteiger partial charge in [-0.1, -0.05) is 18.2 Å². The summed E-state index contributed by atoms with van der Waals surface area (Å²) in [6.45, 7) is 2.68. The molecule has 3 heteroatoms. The summed E-state index contributed by atoms with van der Waals surface area (Å²) in [4.78, 5) is 0. The molecule has 1 unspecified atom stereocenters. The van der Waals surface area contributed by atoms with Crippen LogP contribution in [0, 0.1) is 0 Å². The Morgan fingerprint density at radius 1 is 1.38 bits per heavy atom. The molecule has 0 bridgehead atoms. The molecule has 0 saturated carbocycles. The van der Waals surface area contributed by atoms with E-state index in [0.717, 1.165) is 5.69 Å². The third-order valence-corrected chi connectivity index (χ3v) is 3.20. The van der Waals surface area contributed by atoms with E-state index in [1.165, 1.54) is 0 Å². The fourth-order valence-corrected chi connectivity index (χ4v) is 2.39. The minimum Gasteiger partial charge on any atom is -0.300 e. The predicted octanol–water partition coefficient (Wildman–Crippen LogP) is 1.77. The van der Waals surface area contributed by atoms with Gasteiger partial charge in [0, 0.05) is 28.2 Å². The van der Waals surface area contributed by atoms with Crippen molar-refractivity contribution in [2.75, 3.05) is 17.1 Å². The van der Waals surface area contributed by atoms with Gasteiger partial charge in [-0.05, 0) is 24.9 Å². The van der Waals surface area contributed by atoms with Crippen molar-refractivity contribution in [1.29, 1.82) is 0 Å². The van der Waals surface area contributed by atoms with Crippen LogP contribution in [0.25, 0.3) is 0 Å². The maximum Gasteiger partial charge on any atom is 0.0486 e. The molecule has 0 N–H and O–H groups in total. The van der Waals surface area contributed by atoms with Crippen LogP contribution in [0.4, 0.5) is 5.69 Å². The first kappa shape index (κ1) is 10.1. The number of anilines is 1. The molecule has 0 amide bonds. The lowest BCUT2D eigenvalue weighted by molar-refractivity contribution is 0.682.